The van der Waals surface area contributed by atoms with Gasteiger partial charge in [-0.05, 0) is 6.07 Å². The second kappa shape index (κ2) is 7.40. The smallest absolute Gasteiger partial charge is 0.261 e. The number of hydrogen-bond donors (Lipinski definition) is 2. The van der Waals surface area contributed by atoms with Crippen molar-refractivity contribution in [2.75, 3.05) is 25.0 Å². The first-order valence-corrected chi connectivity index (χ1v) is 11.3. The van der Waals surface area contributed by atoms with Crippen LogP contribution >= 0.6 is 11.3 Å². The third-order valence-corrected chi connectivity index (χ3v) is 6.93. The van der Waals surface area contributed by atoms with E-state index < -0.39 is 18.4 Å². The number of pyridine rings is 2. The monoisotopic (exact) mass is 484 g/mol. The highest BCUT2D eigenvalue weighted by atomic mass is 32.1. The molecule has 34 heavy (non-hydrogen) atoms. The Kier molecular flexibility index (Phi) is 4.54. The highest BCUT2D eigenvalue weighted by Crippen LogP contribution is 2.33. The van der Waals surface area contributed by atoms with Crippen LogP contribution in [-0.4, -0.2) is 65.7 Å². The van der Waals surface area contributed by atoms with Crippen LogP contribution in [0.3, 0.4) is 0 Å². The molecule has 1 aliphatic heterocycles. The quantitative estimate of drug-likeness (QED) is 0.405. The summed E-state index contributed by atoms with van der Waals surface area (Å²) in [4.78, 5) is 35.5. The number of aryl methyl sites for hydroxylation is 1. The Bertz CT molecular complexity index is 1650. The normalized spacial score (nSPS) is 16.2. The third-order valence-electron chi connectivity index (χ3n) is 5.79. The van der Waals surface area contributed by atoms with E-state index in [4.69, 9.17) is 0 Å². The van der Waals surface area contributed by atoms with E-state index in [9.17, 15) is 18.4 Å². The van der Waals surface area contributed by atoms with Gasteiger partial charge in [0.15, 0.2) is 0 Å². The van der Waals surface area contributed by atoms with Crippen molar-refractivity contribution in [3.63, 3.8) is 0 Å². The molecule has 1 aliphatic rings. The number of thiazole rings is 1. The molecule has 0 aliphatic carbocycles. The van der Waals surface area contributed by atoms with Crippen molar-refractivity contribution in [3.05, 3.63) is 41.2 Å². The maximum absolute atomic E-state index is 13.3. The van der Waals surface area contributed by atoms with Crippen LogP contribution in [0.1, 0.15) is 6.42 Å². The molecule has 5 aromatic rings. The highest BCUT2D eigenvalue weighted by molar-refractivity contribution is 7.21. The number of H-pyrrole nitrogens is 1. The second-order valence-electron chi connectivity index (χ2n) is 8.41. The van der Waals surface area contributed by atoms with Gasteiger partial charge in [-0.2, -0.15) is 10.2 Å². The van der Waals surface area contributed by atoms with Crippen LogP contribution in [0, 0.1) is 0 Å². The molecule has 0 saturated carbocycles. The average Bonchev–Trinajstić information content (AvgIpc) is 3.51. The number of carbonyl (C=O) groups excluding carboxylic acids is 1. The molecule has 0 bridgehead atoms. The van der Waals surface area contributed by atoms with E-state index in [-0.39, 0.29) is 25.1 Å². The number of aromatic nitrogens is 6. The van der Waals surface area contributed by atoms with Crippen LogP contribution in [0.2, 0.25) is 0 Å². The van der Waals surface area contributed by atoms with Gasteiger partial charge in [-0.3, -0.25) is 24.2 Å². The zero-order chi connectivity index (χ0) is 23.6. The minimum atomic E-state index is -2.76. The summed E-state index contributed by atoms with van der Waals surface area (Å²) >= 11 is 1.43. The van der Waals surface area contributed by atoms with Crippen molar-refractivity contribution >= 4 is 49.7 Å². The fourth-order valence-corrected chi connectivity index (χ4v) is 5.31. The summed E-state index contributed by atoms with van der Waals surface area (Å²) in [5.74, 6) is -3.18. The number of halogens is 2. The third kappa shape index (κ3) is 3.53. The molecular weight excluding hydrogens is 466 g/mol. The van der Waals surface area contributed by atoms with E-state index in [0.29, 0.717) is 32.5 Å². The van der Waals surface area contributed by atoms with E-state index in [2.05, 4.69) is 25.5 Å². The van der Waals surface area contributed by atoms with Crippen LogP contribution in [0.25, 0.3) is 37.2 Å². The van der Waals surface area contributed by atoms with Crippen molar-refractivity contribution in [1.82, 2.24) is 34.3 Å². The molecule has 2 N–H and O–H groups in total. The number of fused-ring (bicyclic) bond motifs is 5. The minimum Gasteiger partial charge on any atom is -0.324 e. The number of hydrogen-bond acceptors (Lipinski definition) is 7. The molecule has 0 spiro atoms. The largest absolute Gasteiger partial charge is 0.324 e. The van der Waals surface area contributed by atoms with Gasteiger partial charge in [0.05, 0.1) is 41.6 Å². The molecule has 174 valence electrons. The number of carbonyl (C=O) groups is 1. The fraction of sp³-hybridized carbons (Fsp3) is 0.286. The Morgan fingerprint density at radius 1 is 1.29 bits per heavy atom. The Morgan fingerprint density at radius 2 is 2.15 bits per heavy atom. The van der Waals surface area contributed by atoms with E-state index in [1.54, 1.807) is 21.5 Å². The number of alkyl halides is 2. The van der Waals surface area contributed by atoms with Crippen LogP contribution in [-0.2, 0) is 11.8 Å². The first-order valence-electron chi connectivity index (χ1n) is 10.5. The van der Waals surface area contributed by atoms with Gasteiger partial charge in [-0.1, -0.05) is 0 Å². The summed E-state index contributed by atoms with van der Waals surface area (Å²) in [7, 11) is 1.83. The van der Waals surface area contributed by atoms with E-state index in [1.807, 2.05) is 19.4 Å². The van der Waals surface area contributed by atoms with Gasteiger partial charge in [0.25, 0.3) is 11.5 Å². The van der Waals surface area contributed by atoms with Crippen molar-refractivity contribution in [3.8, 4) is 10.4 Å². The molecule has 0 aromatic carbocycles. The maximum Gasteiger partial charge on any atom is 0.261 e. The molecule has 6 rings (SSSR count). The minimum absolute atomic E-state index is 0.139. The second-order valence-corrected chi connectivity index (χ2v) is 9.44. The lowest BCUT2D eigenvalue weighted by Gasteiger charge is -2.15. The summed E-state index contributed by atoms with van der Waals surface area (Å²) in [6.45, 7) is -0.400. The van der Waals surface area contributed by atoms with Crippen LogP contribution in [0.15, 0.2) is 35.6 Å². The van der Waals surface area contributed by atoms with Gasteiger partial charge in [-0.25, -0.2) is 13.3 Å². The van der Waals surface area contributed by atoms with Crippen molar-refractivity contribution in [2.24, 2.45) is 7.05 Å². The van der Waals surface area contributed by atoms with Gasteiger partial charge in [0.1, 0.15) is 21.3 Å². The van der Waals surface area contributed by atoms with Crippen molar-refractivity contribution in [2.45, 2.75) is 12.3 Å². The number of rotatable bonds is 4. The maximum atomic E-state index is 13.3. The summed E-state index contributed by atoms with van der Waals surface area (Å²) < 4.78 is 30.1. The average molecular weight is 484 g/mol. The molecule has 13 heteroatoms. The lowest BCUT2D eigenvalue weighted by atomic mass is 10.2. The SMILES string of the molecule is Cn1cc(-c2cn3nc4c5ncc(NC(=O)CN6CCC(F)(F)C6)cc5[nH]c(=O)c4c3s2)cn1. The van der Waals surface area contributed by atoms with Gasteiger partial charge in [0, 0.05) is 38.0 Å². The number of nitrogens with one attached hydrogen (secondary N) is 2. The fourth-order valence-electron chi connectivity index (χ4n) is 4.25. The highest BCUT2D eigenvalue weighted by Gasteiger charge is 2.38. The Balaban J connectivity index is 1.32. The summed E-state index contributed by atoms with van der Waals surface area (Å²) in [5.41, 5.74) is 2.34. The Morgan fingerprint density at radius 3 is 2.88 bits per heavy atom. The number of amides is 1. The molecule has 0 atom stereocenters. The predicted molar refractivity (Wildman–Crippen MR) is 123 cm³/mol. The number of nitrogens with zero attached hydrogens (tertiary/aromatic N) is 6. The molecule has 1 saturated heterocycles. The van der Waals surface area contributed by atoms with E-state index >= 15 is 0 Å². The molecule has 1 fully saturated rings. The van der Waals surface area contributed by atoms with Crippen molar-refractivity contribution in [1.29, 1.82) is 0 Å². The zero-order valence-corrected chi connectivity index (χ0v) is 18.7. The molecular formula is C21H18F2N8O2S. The molecule has 0 unspecified atom stereocenters. The lowest BCUT2D eigenvalue weighted by Crippen LogP contribution is -2.33. The predicted octanol–water partition coefficient (Wildman–Crippen LogP) is 2.47. The first-order chi connectivity index (χ1) is 16.3. The van der Waals surface area contributed by atoms with Gasteiger partial charge in [0.2, 0.25) is 5.91 Å². The zero-order valence-electron chi connectivity index (χ0n) is 17.9. The van der Waals surface area contributed by atoms with Crippen LogP contribution in [0.5, 0.6) is 0 Å². The van der Waals surface area contributed by atoms with Gasteiger partial charge < -0.3 is 10.3 Å². The number of aromatic amines is 1. The number of likely N-dealkylation sites (tertiary alicyclic amines) is 1. The van der Waals surface area contributed by atoms with Crippen LogP contribution < -0.4 is 10.9 Å². The molecule has 5 aromatic heterocycles. The first kappa shape index (κ1) is 20.9. The summed E-state index contributed by atoms with van der Waals surface area (Å²) in [5, 5.41) is 11.9. The molecule has 0 radical (unpaired) electrons. The Labute approximate surface area is 193 Å². The van der Waals surface area contributed by atoms with Gasteiger partial charge >= 0.3 is 0 Å². The lowest BCUT2D eigenvalue weighted by molar-refractivity contribution is -0.117. The summed E-state index contributed by atoms with van der Waals surface area (Å²) in [6, 6.07) is 1.59. The standard InChI is InChI=1S/C21H18F2N8O2S/c1-29-7-11(5-25-29)14-8-31-20(34-14)16-18(28-31)17-13(27-19(16)33)4-12(6-24-17)26-15(32)9-30-3-2-21(22,23)10-30/h4-8H,2-3,9-10H2,1H3,(H,26,32)(H,27,33). The van der Waals surface area contributed by atoms with Crippen LogP contribution in [0.4, 0.5) is 14.5 Å². The molecule has 6 heterocycles. The molecule has 10 nitrogen and oxygen atoms in total. The van der Waals surface area contributed by atoms with E-state index in [0.717, 1.165) is 10.4 Å². The van der Waals surface area contributed by atoms with Crippen molar-refractivity contribution < 1.29 is 13.6 Å². The number of anilines is 1. The Hall–Kier alpha value is -3.71. The van der Waals surface area contributed by atoms with Gasteiger partial charge in [-0.15, -0.1) is 11.3 Å². The topological polar surface area (TPSA) is 113 Å². The summed E-state index contributed by atoms with van der Waals surface area (Å²) in [6.07, 6.45) is 6.70. The molecule has 1 amide bonds. The van der Waals surface area contributed by atoms with E-state index in [1.165, 1.54) is 22.4 Å².